The summed E-state index contributed by atoms with van der Waals surface area (Å²) in [7, 11) is 2.09. The number of primary amides is 1. The Labute approximate surface area is 185 Å². The number of unbranched alkanes of at least 4 members (excludes halogenated alkanes) is 1. The molecule has 1 unspecified atom stereocenters. The van der Waals surface area contributed by atoms with Crippen LogP contribution in [0.1, 0.15) is 41.8 Å². The van der Waals surface area contributed by atoms with E-state index >= 15 is 0 Å². The third-order valence-corrected chi connectivity index (χ3v) is 4.97. The predicted octanol–water partition coefficient (Wildman–Crippen LogP) is 2.74. The van der Waals surface area contributed by atoms with Gasteiger partial charge >= 0.3 is 0 Å². The van der Waals surface area contributed by atoms with Gasteiger partial charge in [-0.25, -0.2) is 0 Å². The Balaban J connectivity index is 1.74. The van der Waals surface area contributed by atoms with Gasteiger partial charge in [-0.05, 0) is 56.1 Å². The van der Waals surface area contributed by atoms with Crippen molar-refractivity contribution in [2.24, 2.45) is 5.73 Å². The highest BCUT2D eigenvalue weighted by molar-refractivity contribution is 5.95. The van der Waals surface area contributed by atoms with Gasteiger partial charge in [-0.15, -0.1) is 0 Å². The summed E-state index contributed by atoms with van der Waals surface area (Å²) >= 11 is 0. The Morgan fingerprint density at radius 1 is 1.16 bits per heavy atom. The topological polar surface area (TPSA) is 97.1 Å². The first-order valence-corrected chi connectivity index (χ1v) is 10.8. The highest BCUT2D eigenvalue weighted by Crippen LogP contribution is 2.23. The molecule has 0 fully saturated rings. The van der Waals surface area contributed by atoms with Gasteiger partial charge in [0, 0.05) is 32.4 Å². The van der Waals surface area contributed by atoms with Crippen LogP contribution in [0.3, 0.4) is 0 Å². The fourth-order valence-electron chi connectivity index (χ4n) is 3.20. The van der Waals surface area contributed by atoms with Crippen LogP contribution < -0.4 is 20.7 Å². The Kier molecular flexibility index (Phi) is 10.9. The van der Waals surface area contributed by atoms with Gasteiger partial charge in [-0.2, -0.15) is 0 Å². The Morgan fingerprint density at radius 2 is 1.94 bits per heavy atom. The number of ether oxygens (including phenoxy) is 2. The molecule has 0 heterocycles. The molecule has 2 aromatic carbocycles. The molecule has 2 aromatic rings. The van der Waals surface area contributed by atoms with Gasteiger partial charge in [0.1, 0.15) is 12.4 Å². The maximum absolute atomic E-state index is 11.8. The maximum Gasteiger partial charge on any atom is 0.252 e. The zero-order chi connectivity index (χ0) is 22.5. The van der Waals surface area contributed by atoms with Gasteiger partial charge in [0.25, 0.3) is 5.91 Å². The molecular weight excluding hydrogens is 394 g/mol. The van der Waals surface area contributed by atoms with E-state index in [1.54, 1.807) is 18.2 Å². The van der Waals surface area contributed by atoms with E-state index in [0.29, 0.717) is 37.7 Å². The lowest BCUT2D eigenvalue weighted by molar-refractivity contribution is 0.0978. The average Bonchev–Trinajstić information content (AvgIpc) is 2.79. The molecule has 1 atom stereocenters. The molecule has 7 heteroatoms. The number of hydrogen-bond acceptors (Lipinski definition) is 6. The number of amides is 1. The molecule has 0 radical (unpaired) electrons. The van der Waals surface area contributed by atoms with Crippen molar-refractivity contribution in [1.29, 1.82) is 0 Å². The predicted molar refractivity (Wildman–Crippen MR) is 124 cm³/mol. The zero-order valence-corrected chi connectivity index (χ0v) is 18.5. The molecule has 1 amide bonds. The third kappa shape index (κ3) is 8.57. The van der Waals surface area contributed by atoms with Crippen molar-refractivity contribution in [1.82, 2.24) is 5.32 Å². The smallest absolute Gasteiger partial charge is 0.252 e. The van der Waals surface area contributed by atoms with Crippen LogP contribution in [0.5, 0.6) is 5.75 Å². The third-order valence-electron chi connectivity index (χ3n) is 4.97. The first-order valence-electron chi connectivity index (χ1n) is 10.8. The van der Waals surface area contributed by atoms with Gasteiger partial charge in [0.2, 0.25) is 0 Å². The molecule has 170 valence electrons. The maximum atomic E-state index is 11.8. The number of nitrogens with two attached hydrogens (primary N) is 1. The van der Waals surface area contributed by atoms with E-state index in [4.69, 9.17) is 15.2 Å². The van der Waals surface area contributed by atoms with Gasteiger partial charge in [0.15, 0.2) is 0 Å². The number of aliphatic hydroxyl groups excluding tert-OH is 1. The fourth-order valence-corrected chi connectivity index (χ4v) is 3.20. The second kappa shape index (κ2) is 13.6. The Hall–Kier alpha value is -2.61. The molecule has 0 bridgehead atoms. The van der Waals surface area contributed by atoms with Gasteiger partial charge < -0.3 is 30.5 Å². The van der Waals surface area contributed by atoms with Crippen LogP contribution >= 0.6 is 0 Å². The van der Waals surface area contributed by atoms with Crippen molar-refractivity contribution >= 4 is 11.6 Å². The number of nitrogens with zero attached hydrogens (tertiary/aromatic N) is 1. The Morgan fingerprint density at radius 3 is 2.65 bits per heavy atom. The van der Waals surface area contributed by atoms with E-state index in [0.717, 1.165) is 25.9 Å². The largest absolute Gasteiger partial charge is 0.490 e. The molecule has 0 saturated carbocycles. The first kappa shape index (κ1) is 24.7. The van der Waals surface area contributed by atoms with E-state index in [9.17, 15) is 9.90 Å². The minimum absolute atomic E-state index is 0.261. The standard InChI is InChI=1S/C24H35N3O4/c1-3-30-15-16-31-23-12-11-19(17-21(23)24(25)29)22(28)18-26-13-7-8-14-27(2)20-9-5-4-6-10-20/h4-6,9-12,17,22,26,28H,3,7-8,13-16,18H2,1-2H3,(H2,25,29). The number of anilines is 1. The summed E-state index contributed by atoms with van der Waals surface area (Å²) in [5, 5.41) is 13.7. The lowest BCUT2D eigenvalue weighted by atomic mass is 10.0. The van der Waals surface area contributed by atoms with E-state index in [-0.39, 0.29) is 5.56 Å². The molecule has 0 aliphatic rings. The molecule has 0 saturated heterocycles. The van der Waals surface area contributed by atoms with E-state index in [1.807, 2.05) is 25.1 Å². The fraction of sp³-hybridized carbons (Fsp3) is 0.458. The van der Waals surface area contributed by atoms with Crippen molar-refractivity contribution < 1.29 is 19.4 Å². The van der Waals surface area contributed by atoms with E-state index in [2.05, 4.69) is 29.4 Å². The number of aliphatic hydroxyl groups is 1. The highest BCUT2D eigenvalue weighted by atomic mass is 16.5. The molecule has 0 aromatic heterocycles. The van der Waals surface area contributed by atoms with E-state index in [1.165, 1.54) is 5.69 Å². The van der Waals surface area contributed by atoms with Crippen molar-refractivity contribution in [3.05, 3.63) is 59.7 Å². The summed E-state index contributed by atoms with van der Waals surface area (Å²) in [5.41, 5.74) is 7.58. The van der Waals surface area contributed by atoms with Crippen molar-refractivity contribution in [2.75, 3.05) is 51.4 Å². The summed E-state index contributed by atoms with van der Waals surface area (Å²) < 4.78 is 10.8. The Bertz CT molecular complexity index is 786. The lowest BCUT2D eigenvalue weighted by Crippen LogP contribution is -2.24. The van der Waals surface area contributed by atoms with Crippen molar-refractivity contribution in [3.8, 4) is 5.75 Å². The molecule has 31 heavy (non-hydrogen) atoms. The van der Waals surface area contributed by atoms with Crippen LogP contribution in [0.4, 0.5) is 5.69 Å². The van der Waals surface area contributed by atoms with Gasteiger partial charge in [0.05, 0.1) is 18.3 Å². The summed E-state index contributed by atoms with van der Waals surface area (Å²) in [6.07, 6.45) is 1.32. The molecule has 0 aliphatic heterocycles. The number of benzene rings is 2. The van der Waals surface area contributed by atoms with Crippen LogP contribution in [-0.4, -0.2) is 57.5 Å². The molecule has 0 spiro atoms. The lowest BCUT2D eigenvalue weighted by Gasteiger charge is -2.19. The number of para-hydroxylation sites is 1. The monoisotopic (exact) mass is 429 g/mol. The van der Waals surface area contributed by atoms with E-state index < -0.39 is 12.0 Å². The summed E-state index contributed by atoms with van der Waals surface area (Å²) in [6, 6.07) is 15.3. The average molecular weight is 430 g/mol. The molecular formula is C24H35N3O4. The number of carbonyl (C=O) groups is 1. The minimum atomic E-state index is -0.734. The van der Waals surface area contributed by atoms with Crippen LogP contribution in [0.15, 0.2) is 48.5 Å². The van der Waals surface area contributed by atoms with Crippen molar-refractivity contribution in [2.45, 2.75) is 25.9 Å². The molecule has 4 N–H and O–H groups in total. The summed E-state index contributed by atoms with van der Waals surface area (Å²) in [6.45, 7) is 5.45. The highest BCUT2D eigenvalue weighted by Gasteiger charge is 2.15. The second-order valence-corrected chi connectivity index (χ2v) is 7.35. The van der Waals surface area contributed by atoms with Crippen LogP contribution in [-0.2, 0) is 4.74 Å². The molecule has 7 nitrogen and oxygen atoms in total. The first-order chi connectivity index (χ1) is 15.0. The van der Waals surface area contributed by atoms with Crippen LogP contribution in [0.2, 0.25) is 0 Å². The van der Waals surface area contributed by atoms with Crippen LogP contribution in [0, 0.1) is 0 Å². The zero-order valence-electron chi connectivity index (χ0n) is 18.5. The van der Waals surface area contributed by atoms with Crippen molar-refractivity contribution in [3.63, 3.8) is 0 Å². The summed E-state index contributed by atoms with van der Waals surface area (Å²) in [4.78, 5) is 14.0. The minimum Gasteiger partial charge on any atom is -0.490 e. The summed E-state index contributed by atoms with van der Waals surface area (Å²) in [5.74, 6) is -0.186. The number of nitrogens with one attached hydrogen (secondary N) is 1. The number of carbonyl (C=O) groups excluding carboxylic acids is 1. The quantitative estimate of drug-likeness (QED) is 0.377. The normalized spacial score (nSPS) is 11.8. The van der Waals surface area contributed by atoms with Gasteiger partial charge in [-0.3, -0.25) is 4.79 Å². The number of hydrogen-bond donors (Lipinski definition) is 3. The van der Waals surface area contributed by atoms with Crippen LogP contribution in [0.25, 0.3) is 0 Å². The number of rotatable bonds is 15. The van der Waals surface area contributed by atoms with Gasteiger partial charge in [-0.1, -0.05) is 24.3 Å². The molecule has 0 aliphatic carbocycles. The molecule has 2 rings (SSSR count). The second-order valence-electron chi connectivity index (χ2n) is 7.35. The SMILES string of the molecule is CCOCCOc1ccc(C(O)CNCCCCN(C)c2ccccc2)cc1C(N)=O.